The lowest BCUT2D eigenvalue weighted by Gasteiger charge is -2.26. The highest BCUT2D eigenvalue weighted by Crippen LogP contribution is 2.24. The van der Waals surface area contributed by atoms with E-state index < -0.39 is 104 Å². The third kappa shape index (κ3) is 27.8. The van der Waals surface area contributed by atoms with Gasteiger partial charge in [-0.1, -0.05) is 30.7 Å². The van der Waals surface area contributed by atoms with Gasteiger partial charge in [0.1, 0.15) is 29.6 Å². The van der Waals surface area contributed by atoms with E-state index in [0.717, 1.165) is 0 Å². The molecule has 0 bridgehead atoms. The fraction of sp³-hybridized carbons (Fsp3) is 0.531. The summed E-state index contributed by atoms with van der Waals surface area (Å²) in [5.74, 6) is -10.6. The van der Waals surface area contributed by atoms with Gasteiger partial charge in [-0.2, -0.15) is 0 Å². The first-order chi connectivity index (χ1) is 35.9. The van der Waals surface area contributed by atoms with Gasteiger partial charge in [0.2, 0.25) is 17.7 Å². The average Bonchev–Trinajstić information content (AvgIpc) is 3.33. The number of nitrogens with zero attached hydrogens (tertiary/aromatic N) is 2. The topological polar surface area (TPSA) is 436 Å². The third-order valence-corrected chi connectivity index (χ3v) is 11.6. The Kier molecular flexibility index (Phi) is 29.0. The number of carbonyl (C=O) groups excluding carboxylic acids is 4. The molecule has 0 aliphatic carbocycles. The number of carboxylic acids is 7. The van der Waals surface area contributed by atoms with Crippen molar-refractivity contribution in [3.05, 3.63) is 58.7 Å². The molecule has 5 amide bonds. The minimum Gasteiger partial charge on any atom is -0.508 e. The highest BCUT2D eigenvalue weighted by atomic mass is 16.4. The van der Waals surface area contributed by atoms with Crippen LogP contribution in [0.2, 0.25) is 0 Å². The number of aryl methyl sites for hydroxylation is 2. The number of phenols is 2. The second-order valence-corrected chi connectivity index (χ2v) is 17.9. The molecule has 27 nitrogen and oxygen atoms in total. The SMILES string of the molecule is O=C(O)CCC(NC(=O)CCc1ccc(O)c(CN(CCN(CC(=O)O)Cc2cc(CCC(=O)NCCCCCC(=O)NCCCCC(NC(=O)NC(CCC(=O)O)C(=O)O)C(=O)O)ccc2O)CC(=O)O)c1)C(=O)O. The minimum absolute atomic E-state index is 0.00205. The molecular weight excluding hydrogens is 1010 g/mol. The zero-order chi connectivity index (χ0) is 56.7. The Morgan fingerprint density at radius 2 is 0.842 bits per heavy atom. The molecule has 2 aromatic carbocycles. The number of phenolic OH excluding ortho intramolecular Hbond substituents is 2. The quantitative estimate of drug-likeness (QED) is 0.0412. The first-order valence-corrected chi connectivity index (χ1v) is 24.4. The lowest BCUT2D eigenvalue weighted by molar-refractivity contribution is -0.143. The zero-order valence-electron chi connectivity index (χ0n) is 41.9. The number of carbonyl (C=O) groups is 11. The normalized spacial score (nSPS) is 12.2. The van der Waals surface area contributed by atoms with Crippen molar-refractivity contribution in [3.8, 4) is 11.5 Å². The molecule has 0 saturated carbocycles. The number of amides is 5. The molecule has 0 saturated heterocycles. The first-order valence-electron chi connectivity index (χ1n) is 24.4. The maximum Gasteiger partial charge on any atom is 0.326 e. The van der Waals surface area contributed by atoms with E-state index in [1.165, 1.54) is 28.0 Å². The third-order valence-electron chi connectivity index (χ3n) is 11.6. The molecule has 420 valence electrons. The van der Waals surface area contributed by atoms with Gasteiger partial charge in [0.05, 0.1) is 13.1 Å². The highest BCUT2D eigenvalue weighted by molar-refractivity contribution is 5.86. The van der Waals surface area contributed by atoms with Crippen LogP contribution in [0.5, 0.6) is 11.5 Å². The number of carboxylic acid groups (broad SMARTS) is 7. The van der Waals surface area contributed by atoms with Crippen molar-refractivity contribution in [2.75, 3.05) is 39.3 Å². The van der Waals surface area contributed by atoms with Crippen LogP contribution in [-0.4, -0.2) is 179 Å². The number of nitrogens with one attached hydrogen (secondary N) is 5. The van der Waals surface area contributed by atoms with Gasteiger partial charge in [-0.3, -0.25) is 43.4 Å². The minimum atomic E-state index is -1.53. The summed E-state index contributed by atoms with van der Waals surface area (Å²) in [5.41, 5.74) is 1.87. The maximum atomic E-state index is 12.7. The smallest absolute Gasteiger partial charge is 0.326 e. The van der Waals surface area contributed by atoms with Gasteiger partial charge in [-0.05, 0) is 81.0 Å². The van der Waals surface area contributed by atoms with Crippen LogP contribution in [0, 0.1) is 0 Å². The van der Waals surface area contributed by atoms with E-state index in [0.29, 0.717) is 60.9 Å². The molecule has 2 aromatic rings. The fourth-order valence-corrected chi connectivity index (χ4v) is 7.56. The molecule has 0 heterocycles. The monoisotopic (exact) mass is 1080 g/mol. The summed E-state index contributed by atoms with van der Waals surface area (Å²) in [6, 6.07) is 3.74. The van der Waals surface area contributed by atoms with Crippen molar-refractivity contribution < 1.29 is 98.7 Å². The molecule has 14 N–H and O–H groups in total. The van der Waals surface area contributed by atoms with Gasteiger partial charge in [-0.15, -0.1) is 0 Å². The van der Waals surface area contributed by atoms with Gasteiger partial charge >= 0.3 is 47.8 Å². The van der Waals surface area contributed by atoms with E-state index >= 15 is 0 Å². The summed E-state index contributed by atoms with van der Waals surface area (Å²) in [6.07, 6.45) is 1.19. The van der Waals surface area contributed by atoms with Crippen LogP contribution in [0.3, 0.4) is 0 Å². The van der Waals surface area contributed by atoms with Crippen LogP contribution in [0.1, 0.15) is 106 Å². The van der Waals surface area contributed by atoms with Gasteiger partial charge in [0.15, 0.2) is 0 Å². The average molecular weight is 1080 g/mol. The molecule has 0 aliphatic heterocycles. The van der Waals surface area contributed by atoms with E-state index in [-0.39, 0.29) is 101 Å². The van der Waals surface area contributed by atoms with Gasteiger partial charge < -0.3 is 72.5 Å². The van der Waals surface area contributed by atoms with E-state index in [1.54, 1.807) is 18.2 Å². The van der Waals surface area contributed by atoms with Gasteiger partial charge in [0.25, 0.3) is 0 Å². The Morgan fingerprint density at radius 1 is 0.434 bits per heavy atom. The molecule has 0 aromatic heterocycles. The molecule has 0 aliphatic rings. The van der Waals surface area contributed by atoms with Crippen LogP contribution in [-0.2, 0) is 73.9 Å². The molecule has 27 heteroatoms. The van der Waals surface area contributed by atoms with Gasteiger partial charge in [-0.25, -0.2) is 19.2 Å². The van der Waals surface area contributed by atoms with Crippen LogP contribution in [0.15, 0.2) is 36.4 Å². The van der Waals surface area contributed by atoms with E-state index in [4.69, 9.17) is 10.2 Å². The Hall–Kier alpha value is -8.07. The Bertz CT molecular complexity index is 2330. The molecule has 0 radical (unpaired) electrons. The molecule has 0 fully saturated rings. The predicted octanol–water partition coefficient (Wildman–Crippen LogP) is 0.904. The number of urea groups is 1. The van der Waals surface area contributed by atoms with Crippen molar-refractivity contribution in [1.82, 2.24) is 36.4 Å². The lowest BCUT2D eigenvalue weighted by atomic mass is 10.0. The van der Waals surface area contributed by atoms with Crippen molar-refractivity contribution in [2.45, 2.75) is 128 Å². The summed E-state index contributed by atoms with van der Waals surface area (Å²) >= 11 is 0. The van der Waals surface area contributed by atoms with E-state index in [9.17, 15) is 88.5 Å². The number of aromatic hydroxyl groups is 2. The number of rotatable bonds is 40. The standard InChI is InChI=1S/C49H69N7O20/c57-37-14-8-30(10-16-40(60)51-20-4-1-2-7-39(59)50-21-5-3-6-34(46(70)71)53-49(76)54-36(48(74)75)13-19-43(64)65)24-32(37)26-55(28-44(66)67)22-23-56(29-45(68)69)27-33-25-31(9-15-38(33)58)11-17-41(61)52-35(47(72)73)12-18-42(62)63/h8-9,14-15,24-25,34-36,57-58H,1-7,10-13,16-23,26-29H2,(H,50,59)(H,51,60)(H,52,61)(H,62,63)(H,64,65)(H,66,67)(H,68,69)(H,70,71)(H,72,73)(H,74,75)(H2,53,54,76). The van der Waals surface area contributed by atoms with Crippen molar-refractivity contribution in [3.63, 3.8) is 0 Å². The Morgan fingerprint density at radius 3 is 1.28 bits per heavy atom. The zero-order valence-corrected chi connectivity index (χ0v) is 41.9. The van der Waals surface area contributed by atoms with Crippen LogP contribution in [0.25, 0.3) is 0 Å². The number of hydrogen-bond acceptors (Lipinski definition) is 15. The lowest BCUT2D eigenvalue weighted by Crippen LogP contribution is -2.51. The summed E-state index contributed by atoms with van der Waals surface area (Å²) in [5, 5.41) is 98.4. The van der Waals surface area contributed by atoms with Crippen LogP contribution in [0.4, 0.5) is 4.79 Å². The summed E-state index contributed by atoms with van der Waals surface area (Å²) in [7, 11) is 0. The number of hydrogen-bond donors (Lipinski definition) is 14. The summed E-state index contributed by atoms with van der Waals surface area (Å²) in [6.45, 7) is -0.567. The molecular formula is C49H69N7O20. The highest BCUT2D eigenvalue weighted by Gasteiger charge is 2.26. The number of unbranched alkanes of at least 4 members (excludes halogenated alkanes) is 3. The van der Waals surface area contributed by atoms with Crippen LogP contribution >= 0.6 is 0 Å². The predicted molar refractivity (Wildman–Crippen MR) is 265 cm³/mol. The second kappa shape index (κ2) is 34.4. The first kappa shape index (κ1) is 64.0. The van der Waals surface area contributed by atoms with Gasteiger partial charge in [0, 0.05) is 82.5 Å². The van der Waals surface area contributed by atoms with Crippen LogP contribution < -0.4 is 26.6 Å². The largest absolute Gasteiger partial charge is 0.508 e. The van der Waals surface area contributed by atoms with Crippen molar-refractivity contribution in [1.29, 1.82) is 0 Å². The molecule has 3 unspecified atom stereocenters. The Balaban J connectivity index is 1.82. The van der Waals surface area contributed by atoms with E-state index in [1.807, 2.05) is 0 Å². The fourth-order valence-electron chi connectivity index (χ4n) is 7.56. The van der Waals surface area contributed by atoms with E-state index in [2.05, 4.69) is 26.6 Å². The summed E-state index contributed by atoms with van der Waals surface area (Å²) in [4.78, 5) is 132. The van der Waals surface area contributed by atoms with Crippen molar-refractivity contribution in [2.24, 2.45) is 0 Å². The molecule has 3 atom stereocenters. The summed E-state index contributed by atoms with van der Waals surface area (Å²) < 4.78 is 0. The van der Waals surface area contributed by atoms with Crippen molar-refractivity contribution >= 4 is 65.5 Å². The molecule has 76 heavy (non-hydrogen) atoms. The Labute approximate surface area is 436 Å². The maximum absolute atomic E-state index is 12.7. The second-order valence-electron chi connectivity index (χ2n) is 17.9. The molecule has 0 spiro atoms. The number of benzene rings is 2. The molecule has 2 rings (SSSR count). The number of aliphatic carboxylic acids is 7.